The van der Waals surface area contributed by atoms with Gasteiger partial charge >= 0.3 is 0 Å². The molecule has 0 aliphatic carbocycles. The number of nitrogens with one attached hydrogen (secondary N) is 1. The van der Waals surface area contributed by atoms with E-state index in [9.17, 15) is 4.79 Å². The number of fused-ring (bicyclic) bond motifs is 2. The number of anilines is 1. The molecule has 3 aromatic rings. The molecule has 0 atom stereocenters. The summed E-state index contributed by atoms with van der Waals surface area (Å²) >= 11 is 1.25. The smallest absolute Gasteiger partial charge is 0.261 e. The van der Waals surface area contributed by atoms with Crippen LogP contribution < -0.4 is 20.5 Å². The standard InChI is InChI=1S/C23H28N6O4S/c1-4-25-21(30)18-12-15-20(26-23(24)27-22(15)34-18)19(28-33-10-9-29(5-2)6-3)14-7-8-16-17(11-14)32-13-31-16/h7-8,11-12H,4-6,9-10,13H2,1-3H3,(H,25,30)(H2,24,26,27)/b28-19-. The number of carbonyl (C=O) groups is 1. The summed E-state index contributed by atoms with van der Waals surface area (Å²) in [5.74, 6) is 1.18. The molecule has 34 heavy (non-hydrogen) atoms. The van der Waals surface area contributed by atoms with E-state index in [1.165, 1.54) is 11.3 Å². The van der Waals surface area contributed by atoms with Crippen molar-refractivity contribution in [2.45, 2.75) is 20.8 Å². The molecule has 1 aromatic carbocycles. The Kier molecular flexibility index (Phi) is 7.43. The van der Waals surface area contributed by atoms with E-state index in [-0.39, 0.29) is 18.6 Å². The number of nitrogens with zero attached hydrogens (tertiary/aromatic N) is 4. The quantitative estimate of drug-likeness (QED) is 0.256. The summed E-state index contributed by atoms with van der Waals surface area (Å²) in [5.41, 5.74) is 7.71. The van der Waals surface area contributed by atoms with Crippen LogP contribution in [0.5, 0.6) is 11.5 Å². The van der Waals surface area contributed by atoms with Crippen molar-refractivity contribution in [3.8, 4) is 11.5 Å². The molecule has 10 nitrogen and oxygen atoms in total. The lowest BCUT2D eigenvalue weighted by atomic mass is 10.0. The number of aromatic nitrogens is 2. The van der Waals surface area contributed by atoms with Crippen LogP contribution in [0.25, 0.3) is 10.2 Å². The van der Waals surface area contributed by atoms with Gasteiger partial charge in [-0.2, -0.15) is 0 Å². The minimum absolute atomic E-state index is 0.0865. The second kappa shape index (κ2) is 10.7. The summed E-state index contributed by atoms with van der Waals surface area (Å²) in [6, 6.07) is 7.27. The molecule has 1 aliphatic heterocycles. The summed E-state index contributed by atoms with van der Waals surface area (Å²) in [6.07, 6.45) is 0. The highest BCUT2D eigenvalue weighted by atomic mass is 32.1. The van der Waals surface area contributed by atoms with Gasteiger partial charge in [0.1, 0.15) is 22.8 Å². The summed E-state index contributed by atoms with van der Waals surface area (Å²) in [4.78, 5) is 30.4. The topological polar surface area (TPSA) is 124 Å². The van der Waals surface area contributed by atoms with Gasteiger partial charge in [0.15, 0.2) is 11.5 Å². The largest absolute Gasteiger partial charge is 0.454 e. The second-order valence-electron chi connectivity index (χ2n) is 7.49. The van der Waals surface area contributed by atoms with E-state index in [4.69, 9.17) is 20.0 Å². The van der Waals surface area contributed by atoms with Crippen LogP contribution in [0.15, 0.2) is 29.4 Å². The van der Waals surface area contributed by atoms with Gasteiger partial charge in [-0.3, -0.25) is 4.79 Å². The van der Waals surface area contributed by atoms with Gasteiger partial charge in [-0.25, -0.2) is 9.97 Å². The molecule has 0 fully saturated rings. The maximum Gasteiger partial charge on any atom is 0.261 e. The zero-order valence-electron chi connectivity index (χ0n) is 19.5. The Morgan fingerprint density at radius 3 is 2.76 bits per heavy atom. The maximum atomic E-state index is 12.4. The van der Waals surface area contributed by atoms with Crippen molar-refractivity contribution in [3.05, 3.63) is 40.4 Å². The normalized spacial score (nSPS) is 13.0. The Hall–Kier alpha value is -3.44. The van der Waals surface area contributed by atoms with E-state index in [2.05, 4.69) is 39.2 Å². The number of thiophene rings is 1. The van der Waals surface area contributed by atoms with E-state index >= 15 is 0 Å². The fourth-order valence-electron chi connectivity index (χ4n) is 3.57. The first kappa shape index (κ1) is 23.7. The van der Waals surface area contributed by atoms with Crippen molar-refractivity contribution in [2.24, 2.45) is 5.16 Å². The van der Waals surface area contributed by atoms with Crippen LogP contribution in [0.4, 0.5) is 5.95 Å². The second-order valence-corrected chi connectivity index (χ2v) is 8.52. The van der Waals surface area contributed by atoms with E-state index < -0.39 is 0 Å². The molecular formula is C23H28N6O4S. The number of oxime groups is 1. The molecule has 0 bridgehead atoms. The average Bonchev–Trinajstić information content (AvgIpc) is 3.48. The molecule has 0 spiro atoms. The first-order valence-corrected chi connectivity index (χ1v) is 12.0. The zero-order chi connectivity index (χ0) is 24.1. The predicted octanol–water partition coefficient (Wildman–Crippen LogP) is 2.86. The highest BCUT2D eigenvalue weighted by Crippen LogP contribution is 2.34. The van der Waals surface area contributed by atoms with Gasteiger partial charge in [0.25, 0.3) is 5.91 Å². The number of rotatable bonds is 10. The molecule has 3 heterocycles. The van der Waals surface area contributed by atoms with Gasteiger partial charge in [0.2, 0.25) is 12.7 Å². The molecule has 0 unspecified atom stereocenters. The van der Waals surface area contributed by atoms with Crippen molar-refractivity contribution in [3.63, 3.8) is 0 Å². The number of ether oxygens (including phenoxy) is 2. The summed E-state index contributed by atoms with van der Waals surface area (Å²) < 4.78 is 11.0. The van der Waals surface area contributed by atoms with Crippen LogP contribution >= 0.6 is 11.3 Å². The molecular weight excluding hydrogens is 456 g/mol. The molecule has 0 radical (unpaired) electrons. The third kappa shape index (κ3) is 5.05. The zero-order valence-corrected chi connectivity index (χ0v) is 20.3. The average molecular weight is 485 g/mol. The van der Waals surface area contributed by atoms with Gasteiger partial charge in [0.05, 0.1) is 4.88 Å². The van der Waals surface area contributed by atoms with Gasteiger partial charge in [0, 0.05) is 24.0 Å². The van der Waals surface area contributed by atoms with E-state index in [0.29, 0.717) is 51.2 Å². The molecule has 0 saturated carbocycles. The van der Waals surface area contributed by atoms with E-state index in [0.717, 1.165) is 25.2 Å². The fraction of sp³-hybridized carbons (Fsp3) is 0.391. The van der Waals surface area contributed by atoms with Gasteiger partial charge in [-0.15, -0.1) is 11.3 Å². The van der Waals surface area contributed by atoms with Crippen LogP contribution in [0, 0.1) is 0 Å². The number of likely N-dealkylation sites (N-methyl/N-ethyl adjacent to an activating group) is 1. The molecule has 1 aliphatic rings. The van der Waals surface area contributed by atoms with E-state index in [1.54, 1.807) is 6.07 Å². The van der Waals surface area contributed by atoms with Crippen LogP contribution in [0.1, 0.15) is 41.7 Å². The first-order chi connectivity index (χ1) is 16.5. The number of nitrogens with two attached hydrogens (primary N) is 1. The Labute approximate surface area is 201 Å². The first-order valence-electron chi connectivity index (χ1n) is 11.2. The van der Waals surface area contributed by atoms with Crippen LogP contribution in [-0.4, -0.2) is 66.1 Å². The number of benzene rings is 1. The number of amides is 1. The van der Waals surface area contributed by atoms with Gasteiger partial charge in [-0.1, -0.05) is 19.0 Å². The Bertz CT molecular complexity index is 1210. The third-order valence-electron chi connectivity index (χ3n) is 5.39. The number of hydrogen-bond acceptors (Lipinski definition) is 10. The van der Waals surface area contributed by atoms with Crippen molar-refractivity contribution in [1.29, 1.82) is 0 Å². The lowest BCUT2D eigenvalue weighted by molar-refractivity contribution is 0.0960. The van der Waals surface area contributed by atoms with Crippen molar-refractivity contribution in [2.75, 3.05) is 45.3 Å². The summed E-state index contributed by atoms with van der Waals surface area (Å²) in [7, 11) is 0. The minimum Gasteiger partial charge on any atom is -0.454 e. The summed E-state index contributed by atoms with van der Waals surface area (Å²) in [6.45, 7) is 9.78. The van der Waals surface area contributed by atoms with Crippen molar-refractivity contribution >= 4 is 39.1 Å². The molecule has 0 saturated heterocycles. The SMILES string of the molecule is CCNC(=O)c1cc2c(/C(=N\OCCN(CC)CC)c3ccc4c(c3)OCO4)nc(N)nc2s1. The monoisotopic (exact) mass is 484 g/mol. The maximum absolute atomic E-state index is 12.4. The van der Waals surface area contributed by atoms with Gasteiger partial charge < -0.3 is 30.3 Å². The van der Waals surface area contributed by atoms with Gasteiger partial charge in [-0.05, 0) is 44.3 Å². The molecule has 2 aromatic heterocycles. The van der Waals surface area contributed by atoms with Crippen molar-refractivity contribution in [1.82, 2.24) is 20.2 Å². The molecule has 4 rings (SSSR count). The Morgan fingerprint density at radius 2 is 2.00 bits per heavy atom. The number of nitrogen functional groups attached to an aromatic ring is 1. The molecule has 11 heteroatoms. The van der Waals surface area contributed by atoms with Crippen molar-refractivity contribution < 1.29 is 19.1 Å². The minimum atomic E-state index is -0.174. The van der Waals surface area contributed by atoms with Crippen LogP contribution in [0.2, 0.25) is 0 Å². The fourth-order valence-corrected chi connectivity index (χ4v) is 4.53. The lowest BCUT2D eigenvalue weighted by Gasteiger charge is -2.16. The lowest BCUT2D eigenvalue weighted by Crippen LogP contribution is -2.26. The highest BCUT2D eigenvalue weighted by Gasteiger charge is 2.22. The Morgan fingerprint density at radius 1 is 1.21 bits per heavy atom. The number of carbonyl (C=O) groups excluding carboxylic acids is 1. The third-order valence-corrected chi connectivity index (χ3v) is 6.42. The van der Waals surface area contributed by atoms with E-state index in [1.807, 2.05) is 25.1 Å². The number of hydrogen-bond donors (Lipinski definition) is 2. The molecule has 1 amide bonds. The highest BCUT2D eigenvalue weighted by molar-refractivity contribution is 7.20. The molecule has 3 N–H and O–H groups in total. The van der Waals surface area contributed by atoms with Crippen LogP contribution in [0.3, 0.4) is 0 Å². The Balaban J connectivity index is 1.76. The predicted molar refractivity (Wildman–Crippen MR) is 132 cm³/mol. The summed E-state index contributed by atoms with van der Waals surface area (Å²) in [5, 5.41) is 7.95. The van der Waals surface area contributed by atoms with Crippen LogP contribution in [-0.2, 0) is 4.84 Å². The molecule has 180 valence electrons.